The highest BCUT2D eigenvalue weighted by Gasteiger charge is 2.39. The number of nitrogens with zero attached hydrogens (tertiary/aromatic N) is 1. The highest BCUT2D eigenvalue weighted by atomic mass is 19.4. The van der Waals surface area contributed by atoms with Gasteiger partial charge in [0.05, 0.1) is 10.5 Å². The maximum atomic E-state index is 12.4. The fourth-order valence-electron chi connectivity index (χ4n) is 1.10. The molecule has 0 fully saturated rings. The van der Waals surface area contributed by atoms with Crippen molar-refractivity contribution in [3.8, 4) is 0 Å². The van der Waals surface area contributed by atoms with Crippen LogP contribution in [0.25, 0.3) is 0 Å². The number of benzene rings is 1. The van der Waals surface area contributed by atoms with Gasteiger partial charge in [-0.05, 0) is 12.1 Å². The van der Waals surface area contributed by atoms with Crippen LogP contribution < -0.4 is 0 Å². The third kappa shape index (κ3) is 2.69. The van der Waals surface area contributed by atoms with E-state index in [1.165, 1.54) is 0 Å². The highest BCUT2D eigenvalue weighted by molar-refractivity contribution is 5.89. The number of nitro groups is 1. The van der Waals surface area contributed by atoms with Crippen molar-refractivity contribution < 1.29 is 33.0 Å². The Labute approximate surface area is 91.3 Å². The number of halogens is 3. The van der Waals surface area contributed by atoms with Crippen LogP contribution in [0.2, 0.25) is 0 Å². The third-order valence-electron chi connectivity index (χ3n) is 1.82. The second-order valence-corrected chi connectivity index (χ2v) is 2.87. The monoisotopic (exact) mass is 251 g/mol. The molecular formula is C8H4F3NO5. The van der Waals surface area contributed by atoms with Gasteiger partial charge in [-0.2, -0.15) is 18.4 Å². The summed E-state index contributed by atoms with van der Waals surface area (Å²) in [6, 6.07) is 1.48. The molecule has 1 aromatic carbocycles. The van der Waals surface area contributed by atoms with Crippen molar-refractivity contribution in [2.45, 2.75) is 6.18 Å². The Bertz CT molecular complexity index is 471. The van der Waals surface area contributed by atoms with E-state index >= 15 is 0 Å². The third-order valence-corrected chi connectivity index (χ3v) is 1.82. The van der Waals surface area contributed by atoms with Crippen LogP contribution in [-0.4, -0.2) is 16.1 Å². The summed E-state index contributed by atoms with van der Waals surface area (Å²) in [5, 5.41) is 18.4. The van der Waals surface area contributed by atoms with Gasteiger partial charge in [0, 0.05) is 6.07 Å². The smallest absolute Gasteiger partial charge is 0.296 e. The molecule has 0 aliphatic carbocycles. The maximum Gasteiger partial charge on any atom is 0.423 e. The van der Waals surface area contributed by atoms with Crippen molar-refractivity contribution in [3.05, 3.63) is 39.4 Å². The van der Waals surface area contributed by atoms with Gasteiger partial charge in [0.2, 0.25) is 0 Å². The molecule has 0 aliphatic heterocycles. The minimum absolute atomic E-state index is 0.233. The summed E-state index contributed by atoms with van der Waals surface area (Å²) in [4.78, 5) is 23.1. The minimum Gasteiger partial charge on any atom is -0.296 e. The zero-order chi connectivity index (χ0) is 13.2. The van der Waals surface area contributed by atoms with E-state index in [1.54, 1.807) is 0 Å². The lowest BCUT2D eigenvalue weighted by Gasteiger charge is -2.08. The van der Waals surface area contributed by atoms with Crippen molar-refractivity contribution >= 4 is 11.7 Å². The van der Waals surface area contributed by atoms with E-state index in [4.69, 9.17) is 5.26 Å². The summed E-state index contributed by atoms with van der Waals surface area (Å²) in [6.07, 6.45) is -4.99. The normalized spacial score (nSPS) is 11.1. The summed E-state index contributed by atoms with van der Waals surface area (Å²) in [6.45, 7) is 0. The first-order valence-corrected chi connectivity index (χ1v) is 3.98. The number of alkyl halides is 3. The predicted octanol–water partition coefficient (Wildman–Crippen LogP) is 2.24. The molecule has 0 saturated heterocycles. The number of hydrogen-bond donors (Lipinski definition) is 1. The number of hydrogen-bond acceptors (Lipinski definition) is 5. The number of nitro benzene ring substituents is 1. The molecule has 1 aromatic rings. The summed E-state index contributed by atoms with van der Waals surface area (Å²) in [5.41, 5.74) is -3.43. The van der Waals surface area contributed by atoms with E-state index in [-0.39, 0.29) is 6.07 Å². The van der Waals surface area contributed by atoms with E-state index in [0.717, 1.165) is 6.07 Å². The first kappa shape index (κ1) is 12.9. The van der Waals surface area contributed by atoms with Crippen LogP contribution in [0.3, 0.4) is 0 Å². The largest absolute Gasteiger partial charge is 0.423 e. The van der Waals surface area contributed by atoms with Crippen molar-refractivity contribution in [3.63, 3.8) is 0 Å². The van der Waals surface area contributed by atoms with Gasteiger partial charge in [0.1, 0.15) is 5.56 Å². The van der Waals surface area contributed by atoms with Gasteiger partial charge in [0.25, 0.3) is 5.69 Å². The lowest BCUT2D eigenvalue weighted by atomic mass is 10.1. The van der Waals surface area contributed by atoms with Crippen LogP contribution >= 0.6 is 0 Å². The quantitative estimate of drug-likeness (QED) is 0.494. The van der Waals surface area contributed by atoms with Crippen LogP contribution in [0.15, 0.2) is 18.2 Å². The van der Waals surface area contributed by atoms with Gasteiger partial charge in [-0.15, -0.1) is 0 Å². The summed E-state index contributed by atoms with van der Waals surface area (Å²) in [5.74, 6) is -1.44. The van der Waals surface area contributed by atoms with E-state index in [2.05, 4.69) is 4.89 Å². The van der Waals surface area contributed by atoms with Gasteiger partial charge in [0.15, 0.2) is 0 Å². The molecule has 9 heteroatoms. The van der Waals surface area contributed by atoms with Crippen LogP contribution in [0, 0.1) is 10.1 Å². The van der Waals surface area contributed by atoms with E-state index < -0.39 is 33.9 Å². The second kappa shape index (κ2) is 4.37. The van der Waals surface area contributed by atoms with Gasteiger partial charge in [-0.25, -0.2) is 4.79 Å². The van der Waals surface area contributed by atoms with Crippen molar-refractivity contribution in [2.24, 2.45) is 0 Å². The zero-order valence-electron chi connectivity index (χ0n) is 7.89. The molecule has 0 aromatic heterocycles. The topological polar surface area (TPSA) is 89.7 Å². The Balaban J connectivity index is 3.40. The summed E-state index contributed by atoms with van der Waals surface area (Å²) < 4.78 is 37.3. The molecule has 0 bridgehead atoms. The van der Waals surface area contributed by atoms with Crippen molar-refractivity contribution in [2.75, 3.05) is 0 Å². The van der Waals surface area contributed by atoms with Crippen molar-refractivity contribution in [1.29, 1.82) is 0 Å². The van der Waals surface area contributed by atoms with Gasteiger partial charge < -0.3 is 0 Å². The first-order valence-electron chi connectivity index (χ1n) is 3.98. The van der Waals surface area contributed by atoms with Crippen LogP contribution in [-0.2, 0) is 11.1 Å². The SMILES string of the molecule is O=C(OO)c1ccc([N+](=O)[O-])c(C(F)(F)F)c1. The van der Waals surface area contributed by atoms with Crippen LogP contribution in [0.4, 0.5) is 18.9 Å². The molecule has 17 heavy (non-hydrogen) atoms. The number of carbonyl (C=O) groups excluding carboxylic acids is 1. The molecule has 0 spiro atoms. The molecule has 1 rings (SSSR count). The average Bonchev–Trinajstić information content (AvgIpc) is 2.25. The van der Waals surface area contributed by atoms with E-state index in [1.807, 2.05) is 0 Å². The molecule has 0 heterocycles. The molecular weight excluding hydrogens is 247 g/mol. The van der Waals surface area contributed by atoms with E-state index in [9.17, 15) is 28.1 Å². The molecule has 0 aliphatic rings. The first-order chi connectivity index (χ1) is 7.77. The zero-order valence-corrected chi connectivity index (χ0v) is 7.89. The van der Waals surface area contributed by atoms with Crippen LogP contribution in [0.1, 0.15) is 15.9 Å². The van der Waals surface area contributed by atoms with Gasteiger partial charge in [-0.1, -0.05) is 0 Å². The molecule has 0 amide bonds. The van der Waals surface area contributed by atoms with Gasteiger partial charge >= 0.3 is 12.1 Å². The Morgan fingerprint density at radius 3 is 2.41 bits per heavy atom. The summed E-state index contributed by atoms with van der Waals surface area (Å²) in [7, 11) is 0. The lowest BCUT2D eigenvalue weighted by molar-refractivity contribution is -0.388. The maximum absolute atomic E-state index is 12.4. The molecule has 0 unspecified atom stereocenters. The van der Waals surface area contributed by atoms with Crippen LogP contribution in [0.5, 0.6) is 0 Å². The minimum atomic E-state index is -4.99. The Hall–Kier alpha value is -2.16. The van der Waals surface area contributed by atoms with Crippen molar-refractivity contribution in [1.82, 2.24) is 0 Å². The molecule has 0 saturated carbocycles. The molecule has 6 nitrogen and oxygen atoms in total. The Kier molecular flexibility index (Phi) is 3.32. The standard InChI is InChI=1S/C8H4F3NO5/c9-8(10,11)5-3-4(7(13)17-16)1-2-6(5)12(14)15/h1-3,16H. The fraction of sp³-hybridized carbons (Fsp3) is 0.125. The predicted molar refractivity (Wildman–Crippen MR) is 46.1 cm³/mol. The molecule has 0 atom stereocenters. The fourth-order valence-corrected chi connectivity index (χ4v) is 1.10. The van der Waals surface area contributed by atoms with Gasteiger partial charge in [-0.3, -0.25) is 15.0 Å². The highest BCUT2D eigenvalue weighted by Crippen LogP contribution is 2.36. The Morgan fingerprint density at radius 2 is 2.00 bits per heavy atom. The lowest BCUT2D eigenvalue weighted by Crippen LogP contribution is -2.11. The number of rotatable bonds is 2. The summed E-state index contributed by atoms with van der Waals surface area (Å²) >= 11 is 0. The van der Waals surface area contributed by atoms with E-state index in [0.29, 0.717) is 6.07 Å². The average molecular weight is 251 g/mol. The second-order valence-electron chi connectivity index (χ2n) is 2.87. The number of carbonyl (C=O) groups is 1. The molecule has 0 radical (unpaired) electrons. The molecule has 1 N–H and O–H groups in total. The Morgan fingerprint density at radius 1 is 1.41 bits per heavy atom. The molecule has 92 valence electrons.